The predicted molar refractivity (Wildman–Crippen MR) is 65.5 cm³/mol. The molecule has 17 heavy (non-hydrogen) atoms. The summed E-state index contributed by atoms with van der Waals surface area (Å²) in [6.45, 7) is 5.90. The summed E-state index contributed by atoms with van der Waals surface area (Å²) in [6.07, 6.45) is 0.622. The average Bonchev–Trinajstić information content (AvgIpc) is 2.29. The molecule has 1 rings (SSSR count). The molecule has 0 N–H and O–H groups in total. The van der Waals surface area contributed by atoms with Gasteiger partial charge in [0.15, 0.2) is 0 Å². The SMILES string of the molecule is CCOC(=O)c1cccc(CC(C)(C)C#N)c1. The van der Waals surface area contributed by atoms with Crippen molar-refractivity contribution >= 4 is 5.97 Å². The zero-order valence-electron chi connectivity index (χ0n) is 10.5. The highest BCUT2D eigenvalue weighted by Crippen LogP contribution is 2.21. The first-order chi connectivity index (χ1) is 7.98. The maximum Gasteiger partial charge on any atom is 0.338 e. The Morgan fingerprint density at radius 2 is 2.18 bits per heavy atom. The molecule has 90 valence electrons. The summed E-state index contributed by atoms with van der Waals surface area (Å²) < 4.78 is 4.94. The predicted octanol–water partition coefficient (Wildman–Crippen LogP) is 2.96. The van der Waals surface area contributed by atoms with Crippen molar-refractivity contribution in [2.75, 3.05) is 6.61 Å². The number of ether oxygens (including phenoxy) is 1. The lowest BCUT2D eigenvalue weighted by atomic mass is 9.87. The number of rotatable bonds is 4. The fourth-order valence-corrected chi connectivity index (χ4v) is 1.57. The fraction of sp³-hybridized carbons (Fsp3) is 0.429. The van der Waals surface area contributed by atoms with Crippen LogP contribution in [0.3, 0.4) is 0 Å². The summed E-state index contributed by atoms with van der Waals surface area (Å²) in [6, 6.07) is 9.49. The Morgan fingerprint density at radius 3 is 2.76 bits per heavy atom. The van der Waals surface area contributed by atoms with Crippen LogP contribution >= 0.6 is 0 Å². The highest BCUT2D eigenvalue weighted by molar-refractivity contribution is 5.89. The topological polar surface area (TPSA) is 50.1 Å². The van der Waals surface area contributed by atoms with Crippen LogP contribution in [0.15, 0.2) is 24.3 Å². The molecule has 0 aromatic heterocycles. The molecule has 0 spiro atoms. The van der Waals surface area contributed by atoms with Crippen LogP contribution in [0.4, 0.5) is 0 Å². The van der Waals surface area contributed by atoms with E-state index in [1.165, 1.54) is 0 Å². The van der Waals surface area contributed by atoms with Crippen LogP contribution in [-0.4, -0.2) is 12.6 Å². The van der Waals surface area contributed by atoms with Gasteiger partial charge in [0.2, 0.25) is 0 Å². The molecule has 0 saturated carbocycles. The van der Waals surface area contributed by atoms with Gasteiger partial charge in [-0.3, -0.25) is 0 Å². The Morgan fingerprint density at radius 1 is 1.47 bits per heavy atom. The van der Waals surface area contributed by atoms with Gasteiger partial charge in [-0.1, -0.05) is 12.1 Å². The fourth-order valence-electron chi connectivity index (χ4n) is 1.57. The molecule has 3 heteroatoms. The Labute approximate surface area is 102 Å². The van der Waals surface area contributed by atoms with Gasteiger partial charge in [-0.15, -0.1) is 0 Å². The molecule has 0 aliphatic heterocycles. The summed E-state index contributed by atoms with van der Waals surface area (Å²) in [5.74, 6) is -0.316. The van der Waals surface area contributed by atoms with E-state index in [-0.39, 0.29) is 5.97 Å². The normalized spacial score (nSPS) is 10.7. The van der Waals surface area contributed by atoms with Crippen molar-refractivity contribution in [1.82, 2.24) is 0 Å². The first kappa shape index (κ1) is 13.2. The van der Waals surface area contributed by atoms with Crippen LogP contribution in [0.2, 0.25) is 0 Å². The summed E-state index contributed by atoms with van der Waals surface area (Å²) in [5, 5.41) is 8.98. The Kier molecular flexibility index (Phi) is 4.28. The molecule has 0 saturated heterocycles. The minimum Gasteiger partial charge on any atom is -0.462 e. The molecule has 0 fully saturated rings. The van der Waals surface area contributed by atoms with E-state index in [4.69, 9.17) is 10.00 Å². The second kappa shape index (κ2) is 5.49. The van der Waals surface area contributed by atoms with E-state index in [0.717, 1.165) is 5.56 Å². The van der Waals surface area contributed by atoms with Crippen molar-refractivity contribution in [2.45, 2.75) is 27.2 Å². The zero-order chi connectivity index (χ0) is 12.9. The van der Waals surface area contributed by atoms with Crippen LogP contribution in [-0.2, 0) is 11.2 Å². The van der Waals surface area contributed by atoms with Gasteiger partial charge in [-0.25, -0.2) is 4.79 Å². The Bertz CT molecular complexity index is 444. The third kappa shape index (κ3) is 3.92. The molecule has 0 bridgehead atoms. The molecule has 0 aliphatic carbocycles. The number of nitrogens with zero attached hydrogens (tertiary/aromatic N) is 1. The number of nitriles is 1. The van der Waals surface area contributed by atoms with E-state index in [0.29, 0.717) is 18.6 Å². The lowest BCUT2D eigenvalue weighted by Crippen LogP contribution is -2.12. The van der Waals surface area contributed by atoms with Gasteiger partial charge in [0, 0.05) is 0 Å². The molecule has 0 amide bonds. The van der Waals surface area contributed by atoms with Gasteiger partial charge in [0.1, 0.15) is 0 Å². The highest BCUT2D eigenvalue weighted by Gasteiger charge is 2.18. The Balaban J connectivity index is 2.87. The largest absolute Gasteiger partial charge is 0.462 e. The zero-order valence-corrected chi connectivity index (χ0v) is 10.5. The number of benzene rings is 1. The second-order valence-corrected chi connectivity index (χ2v) is 4.59. The molecular weight excluding hydrogens is 214 g/mol. The molecule has 0 heterocycles. The standard InChI is InChI=1S/C14H17NO2/c1-4-17-13(16)12-7-5-6-11(8-12)9-14(2,3)10-15/h5-8H,4,9H2,1-3H3. The van der Waals surface area contributed by atoms with Gasteiger partial charge in [0.05, 0.1) is 23.7 Å². The molecule has 0 radical (unpaired) electrons. The van der Waals surface area contributed by atoms with Gasteiger partial charge >= 0.3 is 5.97 Å². The minimum absolute atomic E-state index is 0.316. The van der Waals surface area contributed by atoms with Gasteiger partial charge in [-0.05, 0) is 44.9 Å². The molecule has 1 aromatic carbocycles. The minimum atomic E-state index is -0.423. The number of esters is 1. The molecule has 0 unspecified atom stereocenters. The molecular formula is C14H17NO2. The number of carbonyl (C=O) groups is 1. The van der Waals surface area contributed by atoms with Crippen LogP contribution in [0.25, 0.3) is 0 Å². The second-order valence-electron chi connectivity index (χ2n) is 4.59. The van der Waals surface area contributed by atoms with Gasteiger partial charge < -0.3 is 4.74 Å². The molecule has 0 aliphatic rings. The van der Waals surface area contributed by atoms with E-state index in [9.17, 15) is 4.79 Å². The quantitative estimate of drug-likeness (QED) is 0.748. The first-order valence-corrected chi connectivity index (χ1v) is 5.66. The van der Waals surface area contributed by atoms with Crippen molar-refractivity contribution < 1.29 is 9.53 Å². The van der Waals surface area contributed by atoms with E-state index >= 15 is 0 Å². The van der Waals surface area contributed by atoms with Crippen molar-refractivity contribution in [2.24, 2.45) is 5.41 Å². The van der Waals surface area contributed by atoms with Crippen molar-refractivity contribution in [3.8, 4) is 6.07 Å². The maximum atomic E-state index is 11.5. The van der Waals surface area contributed by atoms with Gasteiger partial charge in [0.25, 0.3) is 0 Å². The third-order valence-corrected chi connectivity index (χ3v) is 2.39. The molecule has 1 aromatic rings. The summed E-state index contributed by atoms with van der Waals surface area (Å²) in [4.78, 5) is 11.5. The number of carbonyl (C=O) groups excluding carboxylic acids is 1. The maximum absolute atomic E-state index is 11.5. The average molecular weight is 231 g/mol. The van der Waals surface area contributed by atoms with E-state index < -0.39 is 5.41 Å². The van der Waals surface area contributed by atoms with Gasteiger partial charge in [-0.2, -0.15) is 5.26 Å². The monoisotopic (exact) mass is 231 g/mol. The van der Waals surface area contributed by atoms with E-state index in [1.807, 2.05) is 26.0 Å². The molecule has 3 nitrogen and oxygen atoms in total. The van der Waals surface area contributed by atoms with Crippen LogP contribution in [0.5, 0.6) is 0 Å². The number of hydrogen-bond acceptors (Lipinski definition) is 3. The van der Waals surface area contributed by atoms with Crippen LogP contribution < -0.4 is 0 Å². The van der Waals surface area contributed by atoms with E-state index in [1.54, 1.807) is 19.1 Å². The van der Waals surface area contributed by atoms with Crippen molar-refractivity contribution in [3.63, 3.8) is 0 Å². The summed E-state index contributed by atoms with van der Waals surface area (Å²) >= 11 is 0. The summed E-state index contributed by atoms with van der Waals surface area (Å²) in [7, 11) is 0. The van der Waals surface area contributed by atoms with Crippen molar-refractivity contribution in [3.05, 3.63) is 35.4 Å². The van der Waals surface area contributed by atoms with Crippen LogP contribution in [0, 0.1) is 16.7 Å². The third-order valence-electron chi connectivity index (χ3n) is 2.39. The Hall–Kier alpha value is -1.82. The van der Waals surface area contributed by atoms with E-state index in [2.05, 4.69) is 6.07 Å². The number of hydrogen-bond donors (Lipinski definition) is 0. The summed E-state index contributed by atoms with van der Waals surface area (Å²) in [5.41, 5.74) is 1.09. The first-order valence-electron chi connectivity index (χ1n) is 5.66. The highest BCUT2D eigenvalue weighted by atomic mass is 16.5. The lowest BCUT2D eigenvalue weighted by molar-refractivity contribution is 0.0526. The van der Waals surface area contributed by atoms with Crippen molar-refractivity contribution in [1.29, 1.82) is 5.26 Å². The smallest absolute Gasteiger partial charge is 0.338 e. The molecule has 0 atom stereocenters. The van der Waals surface area contributed by atoms with Crippen LogP contribution in [0.1, 0.15) is 36.7 Å². The lowest BCUT2D eigenvalue weighted by Gasteiger charge is -2.15.